The minimum atomic E-state index is -6.11. The van der Waals surface area contributed by atoms with Crippen LogP contribution in [0.5, 0.6) is 6.01 Å². The maximum Gasteiger partial charge on any atom is 0.332 e. The molecule has 0 radical (unpaired) electrons. The van der Waals surface area contributed by atoms with Crippen LogP contribution in [-0.2, 0) is 47.5 Å². The average Bonchev–Trinajstić information content (AvgIpc) is 2.93. The molecule has 0 aliphatic rings. The lowest BCUT2D eigenvalue weighted by atomic mass is 10.5. The van der Waals surface area contributed by atoms with E-state index < -0.39 is 47.9 Å². The van der Waals surface area contributed by atoms with Crippen molar-refractivity contribution in [2.45, 2.75) is 13.5 Å². The average molecular weight is 504 g/mol. The summed E-state index contributed by atoms with van der Waals surface area (Å²) in [4.78, 5) is 72.0. The third-order valence-corrected chi connectivity index (χ3v) is 7.25. The van der Waals surface area contributed by atoms with Crippen LogP contribution < -0.4 is 35.6 Å². The van der Waals surface area contributed by atoms with Crippen LogP contribution in [0.25, 0.3) is 11.2 Å². The molecule has 0 aromatic carbocycles. The van der Waals surface area contributed by atoms with Crippen molar-refractivity contribution in [1.29, 1.82) is 0 Å². The van der Waals surface area contributed by atoms with Gasteiger partial charge >= 0.3 is 5.69 Å². The van der Waals surface area contributed by atoms with Gasteiger partial charge < -0.3 is 33.4 Å². The molecule has 0 spiro atoms. The summed E-state index contributed by atoms with van der Waals surface area (Å²) in [6.07, 6.45) is 0. The van der Waals surface area contributed by atoms with Gasteiger partial charge in [-0.15, -0.1) is 0 Å². The van der Waals surface area contributed by atoms with E-state index in [4.69, 9.17) is 4.74 Å². The van der Waals surface area contributed by atoms with Crippen LogP contribution in [0.15, 0.2) is 9.59 Å². The standard InChI is InChI=1S/C11H19N4O13P3/c1-4-25-10-12-8-7(9(16)14(3)11(17)13(8)2)15(10)5-6-26-30(21,22)28-31(23,24)27-29(18,19)20/h4-6H2,1-3H3,(H,21,22)(H,23,24)(H2,18,19,20)/p-4. The summed E-state index contributed by atoms with van der Waals surface area (Å²) in [6.45, 7) is 0.376. The van der Waals surface area contributed by atoms with Crippen LogP contribution in [0.1, 0.15) is 6.92 Å². The van der Waals surface area contributed by atoms with Gasteiger partial charge in [0.25, 0.3) is 27.2 Å². The third kappa shape index (κ3) is 6.20. The van der Waals surface area contributed by atoms with Gasteiger partial charge in [0.05, 0.1) is 27.6 Å². The topological polar surface area (TPSA) is 242 Å². The van der Waals surface area contributed by atoms with Crippen molar-refractivity contribution in [1.82, 2.24) is 18.7 Å². The summed E-state index contributed by atoms with van der Waals surface area (Å²) in [5.74, 6) is 0. The number of fused-ring (bicyclic) bond motifs is 1. The number of nitrogens with zero attached hydrogens (tertiary/aromatic N) is 4. The molecule has 0 saturated heterocycles. The van der Waals surface area contributed by atoms with Crippen LogP contribution in [-0.4, -0.2) is 31.9 Å². The Labute approximate surface area is 172 Å². The van der Waals surface area contributed by atoms with Crippen molar-refractivity contribution < 1.29 is 51.2 Å². The number of aryl methyl sites for hydroxylation is 1. The number of imidazole rings is 1. The van der Waals surface area contributed by atoms with Crippen molar-refractivity contribution >= 4 is 34.6 Å². The van der Waals surface area contributed by atoms with Gasteiger partial charge in [-0.05, 0) is 6.92 Å². The Bertz CT molecular complexity index is 1240. The number of phosphoric acid groups is 3. The SMILES string of the molecule is CCOc1nc2c(c(=O)n(C)c(=O)n2C)n1CCOP(=O)([O-])OP(=O)([O-])OP(=O)([O-])[O-]. The predicted molar refractivity (Wildman–Crippen MR) is 92.3 cm³/mol. The molecule has 2 atom stereocenters. The zero-order valence-electron chi connectivity index (χ0n) is 16.1. The highest BCUT2D eigenvalue weighted by molar-refractivity contribution is 7.64. The largest absolute Gasteiger partial charge is 0.790 e. The normalized spacial score (nSPS) is 16.2. The number of hydrogen-bond acceptors (Lipinski definition) is 14. The first-order valence-electron chi connectivity index (χ1n) is 8.09. The van der Waals surface area contributed by atoms with Gasteiger partial charge in [-0.2, -0.15) is 4.98 Å². The van der Waals surface area contributed by atoms with E-state index in [0.717, 1.165) is 13.7 Å². The first kappa shape index (κ1) is 25.6. The fourth-order valence-electron chi connectivity index (χ4n) is 2.40. The second-order valence-corrected chi connectivity index (χ2v) is 9.94. The van der Waals surface area contributed by atoms with Crippen molar-refractivity contribution in [3.8, 4) is 6.01 Å². The van der Waals surface area contributed by atoms with Gasteiger partial charge in [-0.25, -0.2) is 9.11 Å². The molecule has 2 rings (SSSR count). The Morgan fingerprint density at radius 3 is 2.13 bits per heavy atom. The molecule has 17 nitrogen and oxygen atoms in total. The summed E-state index contributed by atoms with van der Waals surface area (Å²) in [6, 6.07) is -0.169. The van der Waals surface area contributed by atoms with E-state index in [2.05, 4.69) is 18.1 Å². The molecule has 31 heavy (non-hydrogen) atoms. The Morgan fingerprint density at radius 2 is 1.58 bits per heavy atom. The van der Waals surface area contributed by atoms with Gasteiger partial charge in [-0.1, -0.05) is 0 Å². The first-order valence-corrected chi connectivity index (χ1v) is 12.5. The van der Waals surface area contributed by atoms with Gasteiger partial charge in [0.15, 0.2) is 11.2 Å². The molecule has 2 aromatic rings. The molecule has 0 N–H and O–H groups in total. The highest BCUT2D eigenvalue weighted by Crippen LogP contribution is 2.60. The van der Waals surface area contributed by atoms with E-state index in [0.29, 0.717) is 0 Å². The number of phosphoric ester groups is 1. The van der Waals surface area contributed by atoms with Gasteiger partial charge in [-0.3, -0.25) is 31.9 Å². The number of rotatable bonds is 10. The summed E-state index contributed by atoms with van der Waals surface area (Å²) >= 11 is 0. The highest BCUT2D eigenvalue weighted by atomic mass is 31.3. The fourth-order valence-corrected chi connectivity index (χ4v) is 5.24. The summed E-state index contributed by atoms with van der Waals surface area (Å²) in [7, 11) is -15.4. The molecule has 176 valence electrons. The highest BCUT2D eigenvalue weighted by Gasteiger charge is 2.23. The lowest BCUT2D eigenvalue weighted by molar-refractivity contribution is -0.339. The second kappa shape index (κ2) is 9.08. The molecule has 0 bridgehead atoms. The molecule has 0 saturated carbocycles. The maximum absolute atomic E-state index is 12.5. The van der Waals surface area contributed by atoms with E-state index in [1.165, 1.54) is 14.1 Å². The van der Waals surface area contributed by atoms with E-state index >= 15 is 0 Å². The third-order valence-electron chi connectivity index (χ3n) is 3.55. The van der Waals surface area contributed by atoms with Crippen LogP contribution in [0.2, 0.25) is 0 Å². The molecule has 20 heteroatoms. The maximum atomic E-state index is 12.5. The molecular weight excluding hydrogens is 489 g/mol. The Morgan fingerprint density at radius 1 is 0.968 bits per heavy atom. The van der Waals surface area contributed by atoms with E-state index in [-0.39, 0.29) is 23.8 Å². The first-order chi connectivity index (χ1) is 14.1. The Balaban J connectivity index is 2.30. The van der Waals surface area contributed by atoms with Crippen LogP contribution >= 0.6 is 23.5 Å². The number of hydrogen-bond donors (Lipinski definition) is 0. The van der Waals surface area contributed by atoms with Crippen molar-refractivity contribution in [2.24, 2.45) is 14.1 Å². The monoisotopic (exact) mass is 504 g/mol. The predicted octanol–water partition coefficient (Wildman–Crippen LogP) is -3.35. The molecule has 2 unspecified atom stereocenters. The van der Waals surface area contributed by atoms with Crippen LogP contribution in [0, 0.1) is 0 Å². The van der Waals surface area contributed by atoms with Gasteiger partial charge in [0.2, 0.25) is 0 Å². The van der Waals surface area contributed by atoms with Crippen molar-refractivity contribution in [3.63, 3.8) is 0 Å². The van der Waals surface area contributed by atoms with E-state index in [1.54, 1.807) is 6.92 Å². The van der Waals surface area contributed by atoms with Gasteiger partial charge in [0, 0.05) is 14.1 Å². The molecule has 0 aliphatic carbocycles. The second-order valence-electron chi connectivity index (χ2n) is 5.70. The fraction of sp³-hybridized carbons (Fsp3) is 0.545. The zero-order chi connectivity index (χ0) is 23.8. The van der Waals surface area contributed by atoms with Crippen molar-refractivity contribution in [2.75, 3.05) is 13.2 Å². The summed E-state index contributed by atoms with van der Waals surface area (Å²) < 4.78 is 52.1. The Hall–Kier alpha value is -1.64. The lowest BCUT2D eigenvalue weighted by Crippen LogP contribution is -2.37. The molecule has 0 fully saturated rings. The number of aromatic nitrogens is 4. The minimum Gasteiger partial charge on any atom is -0.790 e. The molecular formula is C11H15N4O13P3-4. The van der Waals surface area contributed by atoms with Gasteiger partial charge in [0.1, 0.15) is 0 Å². The van der Waals surface area contributed by atoms with Crippen LogP contribution in [0.3, 0.4) is 0 Å². The number of ether oxygens (including phenoxy) is 1. The summed E-state index contributed by atoms with van der Waals surface area (Å²) in [5.41, 5.74) is -1.68. The van der Waals surface area contributed by atoms with Crippen molar-refractivity contribution in [3.05, 3.63) is 20.8 Å². The quantitative estimate of drug-likeness (QED) is 0.287. The Kier molecular flexibility index (Phi) is 7.50. The molecule has 0 aliphatic heterocycles. The van der Waals surface area contributed by atoms with E-state index in [1.807, 2.05) is 0 Å². The lowest BCUT2D eigenvalue weighted by Gasteiger charge is -2.37. The van der Waals surface area contributed by atoms with Crippen LogP contribution in [0.4, 0.5) is 0 Å². The smallest absolute Gasteiger partial charge is 0.332 e. The zero-order valence-corrected chi connectivity index (χ0v) is 18.7. The minimum absolute atomic E-state index is 0.0720. The molecule has 2 heterocycles. The van der Waals surface area contributed by atoms with E-state index in [9.17, 15) is 42.9 Å². The molecule has 2 aromatic heterocycles. The molecule has 0 amide bonds. The summed E-state index contributed by atoms with van der Waals surface area (Å²) in [5, 5.41) is 0.